The van der Waals surface area contributed by atoms with Crippen LogP contribution in [0.25, 0.3) is 11.5 Å². The first-order valence-electron chi connectivity index (χ1n) is 7.64. The molecule has 9 heteroatoms. The first kappa shape index (κ1) is 18.3. The standard InChI is InChI=1S/C17H16N2O5S2/c1-22-14-9-7-13(8-10-14)16-18-19-17(23-16)25-11-12-26(20,21)24-15-5-3-2-4-6-15/h2-10H,11-12H2,1H3. The molecule has 0 fully saturated rings. The molecular formula is C17H16N2O5S2. The van der Waals surface area contributed by atoms with Gasteiger partial charge in [-0.3, -0.25) is 0 Å². The van der Waals surface area contributed by atoms with Crippen molar-refractivity contribution < 1.29 is 21.8 Å². The molecule has 0 N–H and O–H groups in total. The third-order valence-electron chi connectivity index (χ3n) is 3.27. The maximum absolute atomic E-state index is 12.0. The number of thioether (sulfide) groups is 1. The number of ether oxygens (including phenoxy) is 1. The van der Waals surface area contributed by atoms with E-state index in [0.29, 0.717) is 11.1 Å². The summed E-state index contributed by atoms with van der Waals surface area (Å²) < 4.78 is 39.6. The van der Waals surface area contributed by atoms with E-state index in [-0.39, 0.29) is 17.3 Å². The Morgan fingerprint density at radius 3 is 2.42 bits per heavy atom. The lowest BCUT2D eigenvalue weighted by molar-refractivity contribution is 0.414. The molecule has 0 aliphatic rings. The van der Waals surface area contributed by atoms with Crippen molar-refractivity contribution in [3.63, 3.8) is 0 Å². The maximum atomic E-state index is 12.0. The van der Waals surface area contributed by atoms with Crippen LogP contribution in [-0.2, 0) is 10.1 Å². The van der Waals surface area contributed by atoms with Gasteiger partial charge in [0.2, 0.25) is 5.89 Å². The van der Waals surface area contributed by atoms with Crippen molar-refractivity contribution in [1.29, 1.82) is 0 Å². The minimum absolute atomic E-state index is 0.174. The van der Waals surface area contributed by atoms with Gasteiger partial charge in [-0.1, -0.05) is 30.0 Å². The predicted octanol–water partition coefficient (Wildman–Crippen LogP) is 3.25. The summed E-state index contributed by atoms with van der Waals surface area (Å²) in [5, 5.41) is 8.18. The Hall–Kier alpha value is -2.52. The molecule has 0 saturated heterocycles. The zero-order valence-corrected chi connectivity index (χ0v) is 15.5. The topological polar surface area (TPSA) is 91.5 Å². The summed E-state index contributed by atoms with van der Waals surface area (Å²) in [7, 11) is -2.09. The molecule has 26 heavy (non-hydrogen) atoms. The van der Waals surface area contributed by atoms with Crippen LogP contribution < -0.4 is 8.92 Å². The van der Waals surface area contributed by atoms with Gasteiger partial charge in [0.25, 0.3) is 5.22 Å². The first-order valence-corrected chi connectivity index (χ1v) is 10.2. The number of aromatic nitrogens is 2. The fraction of sp³-hybridized carbons (Fsp3) is 0.176. The summed E-state index contributed by atoms with van der Waals surface area (Å²) in [4.78, 5) is 0. The third-order valence-corrected chi connectivity index (χ3v) is 5.50. The van der Waals surface area contributed by atoms with E-state index in [1.807, 2.05) is 0 Å². The minimum Gasteiger partial charge on any atom is -0.497 e. The van der Waals surface area contributed by atoms with E-state index in [2.05, 4.69) is 10.2 Å². The van der Waals surface area contributed by atoms with Crippen LogP contribution in [0.1, 0.15) is 0 Å². The fourth-order valence-corrected chi connectivity index (χ4v) is 4.06. The van der Waals surface area contributed by atoms with E-state index in [1.54, 1.807) is 61.7 Å². The van der Waals surface area contributed by atoms with Crippen LogP contribution in [0.15, 0.2) is 64.2 Å². The monoisotopic (exact) mass is 392 g/mol. The summed E-state index contributed by atoms with van der Waals surface area (Å²) in [5.74, 6) is 1.44. The molecule has 0 unspecified atom stereocenters. The molecule has 0 atom stereocenters. The Balaban J connectivity index is 1.54. The van der Waals surface area contributed by atoms with E-state index in [4.69, 9.17) is 13.3 Å². The number of benzene rings is 2. The average molecular weight is 392 g/mol. The van der Waals surface area contributed by atoms with Gasteiger partial charge in [-0.25, -0.2) is 0 Å². The SMILES string of the molecule is COc1ccc(-c2nnc(SCCS(=O)(=O)Oc3ccccc3)o2)cc1. The second kappa shape index (κ2) is 8.24. The smallest absolute Gasteiger partial charge is 0.310 e. The van der Waals surface area contributed by atoms with Crippen molar-refractivity contribution in [3.05, 3.63) is 54.6 Å². The van der Waals surface area contributed by atoms with E-state index in [0.717, 1.165) is 23.1 Å². The van der Waals surface area contributed by atoms with Crippen molar-refractivity contribution in [2.75, 3.05) is 18.6 Å². The van der Waals surface area contributed by atoms with E-state index < -0.39 is 10.1 Å². The molecule has 0 radical (unpaired) electrons. The van der Waals surface area contributed by atoms with Crippen LogP contribution in [0.4, 0.5) is 0 Å². The molecule has 0 bridgehead atoms. The molecule has 3 aromatic rings. The third kappa shape index (κ3) is 4.99. The highest BCUT2D eigenvalue weighted by molar-refractivity contribution is 8.00. The Morgan fingerprint density at radius 1 is 1.00 bits per heavy atom. The molecule has 0 saturated carbocycles. The predicted molar refractivity (Wildman–Crippen MR) is 97.9 cm³/mol. The number of hydrogen-bond donors (Lipinski definition) is 0. The molecular weight excluding hydrogens is 376 g/mol. The van der Waals surface area contributed by atoms with Gasteiger partial charge in [0.05, 0.1) is 12.9 Å². The van der Waals surface area contributed by atoms with Crippen molar-refractivity contribution >= 4 is 21.9 Å². The molecule has 1 heterocycles. The van der Waals surface area contributed by atoms with E-state index in [1.165, 1.54) is 0 Å². The van der Waals surface area contributed by atoms with Crippen molar-refractivity contribution in [3.8, 4) is 23.0 Å². The molecule has 0 amide bonds. The number of nitrogens with zero attached hydrogens (tertiary/aromatic N) is 2. The number of hydrogen-bond acceptors (Lipinski definition) is 8. The fourth-order valence-electron chi connectivity index (χ4n) is 2.01. The summed E-state index contributed by atoms with van der Waals surface area (Å²) in [6.07, 6.45) is 0. The summed E-state index contributed by atoms with van der Waals surface area (Å²) in [5.41, 5.74) is 0.755. The number of para-hydroxylation sites is 1. The lowest BCUT2D eigenvalue weighted by atomic mass is 10.2. The number of methoxy groups -OCH3 is 1. The quantitative estimate of drug-likeness (QED) is 0.426. The van der Waals surface area contributed by atoms with Crippen LogP contribution in [0.5, 0.6) is 11.5 Å². The molecule has 0 aliphatic carbocycles. The zero-order chi connectivity index (χ0) is 18.4. The molecule has 2 aromatic carbocycles. The Kier molecular flexibility index (Phi) is 5.79. The van der Waals surface area contributed by atoms with Crippen LogP contribution in [-0.4, -0.2) is 37.2 Å². The van der Waals surface area contributed by atoms with Crippen molar-refractivity contribution in [2.24, 2.45) is 0 Å². The highest BCUT2D eigenvalue weighted by atomic mass is 32.2. The van der Waals surface area contributed by atoms with Gasteiger partial charge in [-0.2, -0.15) is 8.42 Å². The van der Waals surface area contributed by atoms with Crippen LogP contribution in [0.3, 0.4) is 0 Å². The summed E-state index contributed by atoms with van der Waals surface area (Å²) in [6, 6.07) is 15.6. The molecule has 7 nitrogen and oxygen atoms in total. The van der Waals surface area contributed by atoms with Crippen LogP contribution in [0.2, 0.25) is 0 Å². The van der Waals surface area contributed by atoms with Crippen molar-refractivity contribution in [2.45, 2.75) is 5.22 Å². The second-order valence-electron chi connectivity index (χ2n) is 5.11. The van der Waals surface area contributed by atoms with Crippen LogP contribution >= 0.6 is 11.8 Å². The molecule has 1 aromatic heterocycles. The lowest BCUT2D eigenvalue weighted by Gasteiger charge is -2.05. The Labute approximate surface area is 155 Å². The van der Waals surface area contributed by atoms with E-state index >= 15 is 0 Å². The van der Waals surface area contributed by atoms with Gasteiger partial charge in [0, 0.05) is 11.3 Å². The zero-order valence-electron chi connectivity index (χ0n) is 13.9. The average Bonchev–Trinajstić information content (AvgIpc) is 3.11. The number of rotatable bonds is 8. The first-order chi connectivity index (χ1) is 12.6. The Bertz CT molecular complexity index is 941. The maximum Gasteiger partial charge on any atom is 0.310 e. The molecule has 0 aliphatic heterocycles. The minimum atomic E-state index is -3.68. The molecule has 0 spiro atoms. The van der Waals surface area contributed by atoms with Gasteiger partial charge in [-0.15, -0.1) is 10.2 Å². The summed E-state index contributed by atoms with van der Waals surface area (Å²) >= 11 is 1.16. The van der Waals surface area contributed by atoms with Gasteiger partial charge >= 0.3 is 10.1 Å². The lowest BCUT2D eigenvalue weighted by Crippen LogP contribution is -2.15. The normalized spacial score (nSPS) is 11.3. The molecule has 3 rings (SSSR count). The highest BCUT2D eigenvalue weighted by Crippen LogP contribution is 2.25. The largest absolute Gasteiger partial charge is 0.497 e. The highest BCUT2D eigenvalue weighted by Gasteiger charge is 2.15. The van der Waals surface area contributed by atoms with Crippen molar-refractivity contribution in [1.82, 2.24) is 10.2 Å². The Morgan fingerprint density at radius 2 is 1.73 bits per heavy atom. The second-order valence-corrected chi connectivity index (χ2v) is 7.84. The van der Waals surface area contributed by atoms with E-state index in [9.17, 15) is 8.42 Å². The van der Waals surface area contributed by atoms with Crippen LogP contribution in [0, 0.1) is 0 Å². The van der Waals surface area contributed by atoms with Gasteiger partial charge in [0.1, 0.15) is 11.5 Å². The van der Waals surface area contributed by atoms with Gasteiger partial charge < -0.3 is 13.3 Å². The molecule has 136 valence electrons. The van der Waals surface area contributed by atoms with Gasteiger partial charge in [-0.05, 0) is 36.4 Å². The summed E-state index contributed by atoms with van der Waals surface area (Å²) in [6.45, 7) is 0. The van der Waals surface area contributed by atoms with Gasteiger partial charge in [0.15, 0.2) is 0 Å².